The van der Waals surface area contributed by atoms with Crippen LogP contribution in [0.25, 0.3) is 0 Å². The Bertz CT molecular complexity index is 198. The van der Waals surface area contributed by atoms with Crippen molar-refractivity contribution in [1.82, 2.24) is 5.32 Å². The van der Waals surface area contributed by atoms with E-state index in [1.165, 1.54) is 6.42 Å². The molecule has 0 amide bonds. The van der Waals surface area contributed by atoms with Crippen LogP contribution in [-0.4, -0.2) is 49.7 Å². The van der Waals surface area contributed by atoms with Gasteiger partial charge in [-0.3, -0.25) is 0 Å². The first kappa shape index (κ1) is 18.8. The lowest BCUT2D eigenvalue weighted by atomic mass is 10.0. The highest BCUT2D eigenvalue weighted by atomic mass is 16.5. The minimum atomic E-state index is -0.444. The molecule has 0 bridgehead atoms. The van der Waals surface area contributed by atoms with Crippen LogP contribution in [0.4, 0.5) is 0 Å². The third-order valence-corrected chi connectivity index (χ3v) is 2.87. The fraction of sp³-hybridized carbons (Fsp3) is 1.00. The van der Waals surface area contributed by atoms with Gasteiger partial charge in [0.05, 0.1) is 32.0 Å². The number of ether oxygens (including phenoxy) is 2. The Balaban J connectivity index is 3.40. The Labute approximate surface area is 118 Å². The third-order valence-electron chi connectivity index (χ3n) is 2.87. The first-order chi connectivity index (χ1) is 8.91. The quantitative estimate of drug-likeness (QED) is 0.536. The maximum atomic E-state index is 9.76. The minimum absolute atomic E-state index is 0.233. The van der Waals surface area contributed by atoms with Crippen LogP contribution in [0.3, 0.4) is 0 Å². The van der Waals surface area contributed by atoms with Crippen molar-refractivity contribution in [2.75, 3.05) is 26.4 Å². The molecule has 0 aromatic carbocycles. The van der Waals surface area contributed by atoms with Crippen LogP contribution in [0.2, 0.25) is 0 Å². The largest absolute Gasteiger partial charge is 0.389 e. The Kier molecular flexibility index (Phi) is 11.6. The number of aliphatic hydroxyl groups excluding tert-OH is 1. The molecule has 0 saturated carbocycles. The Morgan fingerprint density at radius 1 is 1.00 bits per heavy atom. The molecule has 0 aliphatic heterocycles. The second-order valence-electron chi connectivity index (χ2n) is 5.93. The predicted molar refractivity (Wildman–Crippen MR) is 79.5 cm³/mol. The average Bonchev–Trinajstić information content (AvgIpc) is 2.33. The fourth-order valence-corrected chi connectivity index (χ4v) is 1.64. The van der Waals surface area contributed by atoms with Gasteiger partial charge < -0.3 is 19.9 Å². The van der Waals surface area contributed by atoms with E-state index in [2.05, 4.69) is 26.1 Å². The van der Waals surface area contributed by atoms with Gasteiger partial charge in [-0.2, -0.15) is 0 Å². The van der Waals surface area contributed by atoms with Crippen LogP contribution in [-0.2, 0) is 9.47 Å². The summed E-state index contributed by atoms with van der Waals surface area (Å²) < 4.78 is 10.7. The normalized spacial score (nSPS) is 15.2. The second kappa shape index (κ2) is 11.6. The molecule has 4 nitrogen and oxygen atoms in total. The molecule has 19 heavy (non-hydrogen) atoms. The molecule has 0 fully saturated rings. The maximum Gasteiger partial charge on any atom is 0.0897 e. The van der Waals surface area contributed by atoms with E-state index >= 15 is 0 Å². The van der Waals surface area contributed by atoms with E-state index in [1.54, 1.807) is 0 Å². The van der Waals surface area contributed by atoms with E-state index in [0.29, 0.717) is 32.4 Å². The summed E-state index contributed by atoms with van der Waals surface area (Å²) in [5.41, 5.74) is 0. The van der Waals surface area contributed by atoms with E-state index in [0.717, 1.165) is 12.3 Å². The Morgan fingerprint density at radius 3 is 2.26 bits per heavy atom. The van der Waals surface area contributed by atoms with Crippen molar-refractivity contribution >= 4 is 0 Å². The summed E-state index contributed by atoms with van der Waals surface area (Å²) in [6, 6.07) is 0.446. The molecule has 4 heteroatoms. The Morgan fingerprint density at radius 2 is 1.68 bits per heavy atom. The number of aliphatic hydroxyl groups is 1. The van der Waals surface area contributed by atoms with Crippen molar-refractivity contribution in [3.63, 3.8) is 0 Å². The summed E-state index contributed by atoms with van der Waals surface area (Å²) in [5, 5.41) is 13.1. The van der Waals surface area contributed by atoms with Crippen LogP contribution in [0.5, 0.6) is 0 Å². The summed E-state index contributed by atoms with van der Waals surface area (Å²) in [5.74, 6) is 0.735. The fourth-order valence-electron chi connectivity index (χ4n) is 1.64. The van der Waals surface area contributed by atoms with Gasteiger partial charge in [-0.05, 0) is 39.5 Å². The van der Waals surface area contributed by atoms with Crippen LogP contribution < -0.4 is 5.32 Å². The minimum Gasteiger partial charge on any atom is -0.389 e. The zero-order chi connectivity index (χ0) is 14.7. The number of rotatable bonds is 12. The first-order valence-electron chi connectivity index (χ1n) is 7.52. The molecule has 0 saturated heterocycles. The lowest BCUT2D eigenvalue weighted by molar-refractivity contribution is -0.0104. The van der Waals surface area contributed by atoms with E-state index in [-0.39, 0.29) is 6.10 Å². The van der Waals surface area contributed by atoms with E-state index < -0.39 is 6.10 Å². The lowest BCUT2D eigenvalue weighted by Gasteiger charge is -2.18. The zero-order valence-corrected chi connectivity index (χ0v) is 13.3. The smallest absolute Gasteiger partial charge is 0.0897 e. The molecule has 2 atom stereocenters. The summed E-state index contributed by atoms with van der Waals surface area (Å²) in [6.07, 6.45) is 2.15. The van der Waals surface area contributed by atoms with Crippen LogP contribution >= 0.6 is 0 Å². The molecule has 0 heterocycles. The third kappa shape index (κ3) is 14.1. The van der Waals surface area contributed by atoms with Gasteiger partial charge in [0.2, 0.25) is 0 Å². The zero-order valence-electron chi connectivity index (χ0n) is 13.3. The van der Waals surface area contributed by atoms with Gasteiger partial charge in [-0.1, -0.05) is 13.8 Å². The van der Waals surface area contributed by atoms with Crippen LogP contribution in [0.15, 0.2) is 0 Å². The van der Waals surface area contributed by atoms with Crippen molar-refractivity contribution < 1.29 is 14.6 Å². The van der Waals surface area contributed by atoms with Gasteiger partial charge in [0, 0.05) is 12.6 Å². The highest BCUT2D eigenvalue weighted by molar-refractivity contribution is 4.65. The predicted octanol–water partition coefficient (Wildman–Crippen LogP) is 2.20. The van der Waals surface area contributed by atoms with Crippen molar-refractivity contribution in [3.8, 4) is 0 Å². The SMILES string of the molecule is CC(C)CC[C@@H](C)NC[C@H](O)COCCOC(C)C. The van der Waals surface area contributed by atoms with Gasteiger partial charge in [0.15, 0.2) is 0 Å². The molecule has 0 aromatic heterocycles. The summed E-state index contributed by atoms with van der Waals surface area (Å²) in [4.78, 5) is 0. The molecule has 0 aliphatic carbocycles. The maximum absolute atomic E-state index is 9.76. The molecule has 0 unspecified atom stereocenters. The van der Waals surface area contributed by atoms with Gasteiger partial charge in [0.1, 0.15) is 0 Å². The number of nitrogens with one attached hydrogen (secondary N) is 1. The first-order valence-corrected chi connectivity index (χ1v) is 7.52. The summed E-state index contributed by atoms with van der Waals surface area (Å²) in [6.45, 7) is 12.7. The van der Waals surface area contributed by atoms with Gasteiger partial charge in [-0.25, -0.2) is 0 Å². The van der Waals surface area contributed by atoms with Gasteiger partial charge in [-0.15, -0.1) is 0 Å². The highest BCUT2D eigenvalue weighted by Gasteiger charge is 2.08. The summed E-state index contributed by atoms with van der Waals surface area (Å²) in [7, 11) is 0. The molecule has 0 rings (SSSR count). The molecule has 116 valence electrons. The van der Waals surface area contributed by atoms with Gasteiger partial charge >= 0.3 is 0 Å². The molecule has 0 radical (unpaired) electrons. The van der Waals surface area contributed by atoms with Crippen molar-refractivity contribution in [1.29, 1.82) is 0 Å². The van der Waals surface area contributed by atoms with E-state index in [4.69, 9.17) is 9.47 Å². The Hall–Kier alpha value is -0.160. The highest BCUT2D eigenvalue weighted by Crippen LogP contribution is 2.06. The van der Waals surface area contributed by atoms with E-state index in [9.17, 15) is 5.11 Å². The van der Waals surface area contributed by atoms with Crippen LogP contribution in [0, 0.1) is 5.92 Å². The molecular formula is C15H33NO3. The van der Waals surface area contributed by atoms with E-state index in [1.807, 2.05) is 13.8 Å². The molecular weight excluding hydrogens is 242 g/mol. The summed E-state index contributed by atoms with van der Waals surface area (Å²) >= 11 is 0. The molecule has 0 aromatic rings. The van der Waals surface area contributed by atoms with Gasteiger partial charge in [0.25, 0.3) is 0 Å². The van der Waals surface area contributed by atoms with Crippen molar-refractivity contribution in [3.05, 3.63) is 0 Å². The topological polar surface area (TPSA) is 50.7 Å². The van der Waals surface area contributed by atoms with Crippen LogP contribution in [0.1, 0.15) is 47.5 Å². The second-order valence-corrected chi connectivity index (χ2v) is 5.93. The monoisotopic (exact) mass is 275 g/mol. The van der Waals surface area contributed by atoms with Crippen molar-refractivity contribution in [2.45, 2.75) is 65.7 Å². The molecule has 0 aliphatic rings. The molecule has 0 spiro atoms. The average molecular weight is 275 g/mol. The molecule has 2 N–H and O–H groups in total. The lowest BCUT2D eigenvalue weighted by Crippen LogP contribution is -2.36. The number of hydrogen-bond acceptors (Lipinski definition) is 4. The standard InChI is InChI=1S/C15H33NO3/c1-12(2)6-7-14(5)16-10-15(17)11-18-8-9-19-13(3)4/h12-17H,6-11H2,1-5H3/t14-,15+/m1/s1. The van der Waals surface area contributed by atoms with Crippen molar-refractivity contribution in [2.24, 2.45) is 5.92 Å². The number of hydrogen-bond donors (Lipinski definition) is 2.